The van der Waals surface area contributed by atoms with Gasteiger partial charge in [-0.15, -0.1) is 11.3 Å². The zero-order valence-electron chi connectivity index (χ0n) is 16.6. The Bertz CT molecular complexity index is 1390. The number of hydrogen-bond donors (Lipinski definition) is 2. The highest BCUT2D eigenvalue weighted by atomic mass is 32.1. The maximum Gasteiger partial charge on any atom is 0.135 e. The Kier molecular flexibility index (Phi) is 4.03. The number of thiophene rings is 1. The second-order valence-corrected chi connectivity index (χ2v) is 8.42. The maximum absolute atomic E-state index is 4.57. The Morgan fingerprint density at radius 2 is 2.03 bits per heavy atom. The normalized spacial score (nSPS) is 11.4. The van der Waals surface area contributed by atoms with Crippen LogP contribution in [-0.2, 0) is 7.05 Å². The molecule has 5 aromatic rings. The Labute approximate surface area is 172 Å². The number of allylic oxidation sites excluding steroid dienone is 1. The number of rotatable bonds is 4. The van der Waals surface area contributed by atoms with Crippen molar-refractivity contribution in [2.24, 2.45) is 7.05 Å². The lowest BCUT2D eigenvalue weighted by Crippen LogP contribution is -1.95. The lowest BCUT2D eigenvalue weighted by atomic mass is 10.2. The van der Waals surface area contributed by atoms with E-state index in [0.29, 0.717) is 0 Å². The Morgan fingerprint density at radius 1 is 1.17 bits per heavy atom. The minimum Gasteiger partial charge on any atom is -0.359 e. The SMILES string of the molecule is C=C(C)c1ncc(-c2cc3nccc(Nc4ccc5[nH]c(C)cc5c4)c3s2)n1C. The van der Waals surface area contributed by atoms with Crippen LogP contribution in [0.4, 0.5) is 11.4 Å². The van der Waals surface area contributed by atoms with E-state index < -0.39 is 0 Å². The lowest BCUT2D eigenvalue weighted by Gasteiger charge is -2.07. The summed E-state index contributed by atoms with van der Waals surface area (Å²) in [5, 5.41) is 4.77. The van der Waals surface area contributed by atoms with Gasteiger partial charge < -0.3 is 14.9 Å². The molecule has 0 saturated heterocycles. The van der Waals surface area contributed by atoms with Gasteiger partial charge in [-0.3, -0.25) is 4.98 Å². The minimum atomic E-state index is 0.902. The third-order valence-corrected chi connectivity index (χ3v) is 6.25. The van der Waals surface area contributed by atoms with Gasteiger partial charge in [0, 0.05) is 35.5 Å². The summed E-state index contributed by atoms with van der Waals surface area (Å²) >= 11 is 1.72. The molecule has 0 spiro atoms. The van der Waals surface area contributed by atoms with Crippen molar-refractivity contribution in [1.29, 1.82) is 0 Å². The molecule has 0 amide bonds. The monoisotopic (exact) mass is 399 g/mol. The number of nitrogens with one attached hydrogen (secondary N) is 2. The lowest BCUT2D eigenvalue weighted by molar-refractivity contribution is 0.899. The van der Waals surface area contributed by atoms with E-state index >= 15 is 0 Å². The number of fused-ring (bicyclic) bond motifs is 2. The first-order chi connectivity index (χ1) is 14.0. The number of nitrogens with zero attached hydrogens (tertiary/aromatic N) is 3. The first kappa shape index (κ1) is 17.7. The summed E-state index contributed by atoms with van der Waals surface area (Å²) in [6, 6.07) is 12.7. The molecule has 0 radical (unpaired) electrons. The van der Waals surface area contributed by atoms with Crippen molar-refractivity contribution in [1.82, 2.24) is 19.5 Å². The number of aryl methyl sites for hydroxylation is 1. The minimum absolute atomic E-state index is 0.902. The smallest absolute Gasteiger partial charge is 0.135 e. The van der Waals surface area contributed by atoms with E-state index in [4.69, 9.17) is 0 Å². The molecule has 4 aromatic heterocycles. The predicted octanol–water partition coefficient (Wildman–Crippen LogP) is 6.26. The van der Waals surface area contributed by atoms with Crippen LogP contribution in [0, 0.1) is 6.92 Å². The van der Waals surface area contributed by atoms with E-state index in [1.807, 2.05) is 32.4 Å². The van der Waals surface area contributed by atoms with E-state index in [9.17, 15) is 0 Å². The largest absolute Gasteiger partial charge is 0.359 e. The van der Waals surface area contributed by atoms with Crippen LogP contribution in [0.15, 0.2) is 55.4 Å². The molecule has 0 unspecified atom stereocenters. The van der Waals surface area contributed by atoms with E-state index in [-0.39, 0.29) is 0 Å². The van der Waals surface area contributed by atoms with Gasteiger partial charge in [0.25, 0.3) is 0 Å². The van der Waals surface area contributed by atoms with Crippen LogP contribution in [-0.4, -0.2) is 19.5 Å². The van der Waals surface area contributed by atoms with Crippen LogP contribution >= 0.6 is 11.3 Å². The highest BCUT2D eigenvalue weighted by Gasteiger charge is 2.14. The molecule has 0 atom stereocenters. The van der Waals surface area contributed by atoms with E-state index in [2.05, 4.69) is 68.7 Å². The quantitative estimate of drug-likeness (QED) is 0.375. The Morgan fingerprint density at radius 3 is 2.83 bits per heavy atom. The molecule has 5 nitrogen and oxygen atoms in total. The highest BCUT2D eigenvalue weighted by molar-refractivity contribution is 7.22. The van der Waals surface area contributed by atoms with Crippen molar-refractivity contribution in [3.63, 3.8) is 0 Å². The number of hydrogen-bond acceptors (Lipinski definition) is 4. The van der Waals surface area contributed by atoms with Crippen molar-refractivity contribution in [3.8, 4) is 10.6 Å². The average Bonchev–Trinajstić information content (AvgIpc) is 3.36. The molecule has 29 heavy (non-hydrogen) atoms. The second kappa shape index (κ2) is 6.60. The molecule has 1 aromatic carbocycles. The fourth-order valence-corrected chi connectivity index (χ4v) is 4.84. The molecule has 2 N–H and O–H groups in total. The van der Waals surface area contributed by atoms with E-state index in [1.54, 1.807) is 11.3 Å². The third kappa shape index (κ3) is 3.02. The van der Waals surface area contributed by atoms with Gasteiger partial charge >= 0.3 is 0 Å². The summed E-state index contributed by atoms with van der Waals surface area (Å²) in [4.78, 5) is 13.6. The molecule has 0 aliphatic heterocycles. The molecule has 5 rings (SSSR count). The fraction of sp³-hybridized carbons (Fsp3) is 0.130. The van der Waals surface area contributed by atoms with Crippen molar-refractivity contribution in [3.05, 3.63) is 66.9 Å². The summed E-state index contributed by atoms with van der Waals surface area (Å²) in [6.07, 6.45) is 3.76. The topological polar surface area (TPSA) is 58.5 Å². The number of aromatic nitrogens is 4. The van der Waals surface area contributed by atoms with Crippen LogP contribution in [0.1, 0.15) is 18.4 Å². The van der Waals surface area contributed by atoms with Crippen molar-refractivity contribution >= 4 is 49.4 Å². The van der Waals surface area contributed by atoms with Crippen molar-refractivity contribution < 1.29 is 0 Å². The van der Waals surface area contributed by atoms with E-state index in [0.717, 1.165) is 54.8 Å². The second-order valence-electron chi connectivity index (χ2n) is 7.37. The van der Waals surface area contributed by atoms with Gasteiger partial charge in [-0.2, -0.15) is 0 Å². The van der Waals surface area contributed by atoms with Crippen LogP contribution in [0.2, 0.25) is 0 Å². The van der Waals surface area contributed by atoms with Gasteiger partial charge in [0.15, 0.2) is 0 Å². The molecule has 6 heteroatoms. The number of imidazole rings is 1. The van der Waals surface area contributed by atoms with Gasteiger partial charge in [-0.1, -0.05) is 6.58 Å². The van der Waals surface area contributed by atoms with Gasteiger partial charge in [-0.25, -0.2) is 4.98 Å². The Balaban J connectivity index is 1.55. The maximum atomic E-state index is 4.57. The first-order valence-corrected chi connectivity index (χ1v) is 10.2. The van der Waals surface area contributed by atoms with Gasteiger partial charge in [0.05, 0.1) is 32.7 Å². The number of aromatic amines is 1. The standard InChI is InChI=1S/C23H21N5S/c1-13(2)23-25-12-20(28(23)4)21-11-19-22(29-21)18(7-8-24-19)27-16-5-6-17-15(10-16)9-14(3)26-17/h5-12,26H,1H2,2-4H3,(H,24,27). The molecule has 0 aliphatic rings. The Hall–Kier alpha value is -3.38. The van der Waals surface area contributed by atoms with Gasteiger partial charge in [0.2, 0.25) is 0 Å². The number of benzene rings is 1. The average molecular weight is 400 g/mol. The first-order valence-electron chi connectivity index (χ1n) is 9.42. The third-order valence-electron chi connectivity index (χ3n) is 5.07. The van der Waals surface area contributed by atoms with Crippen LogP contribution in [0.5, 0.6) is 0 Å². The molecular formula is C23H21N5S. The summed E-state index contributed by atoms with van der Waals surface area (Å²) in [6.45, 7) is 8.06. The highest BCUT2D eigenvalue weighted by Crippen LogP contribution is 2.38. The van der Waals surface area contributed by atoms with E-state index in [1.165, 1.54) is 5.39 Å². The molecule has 144 valence electrons. The van der Waals surface area contributed by atoms with Crippen molar-refractivity contribution in [2.45, 2.75) is 13.8 Å². The zero-order valence-corrected chi connectivity index (χ0v) is 17.4. The molecule has 4 heterocycles. The molecule has 0 aliphatic carbocycles. The summed E-state index contributed by atoms with van der Waals surface area (Å²) in [7, 11) is 2.03. The molecule has 0 bridgehead atoms. The zero-order chi connectivity index (χ0) is 20.1. The molecule has 0 saturated carbocycles. The van der Waals surface area contributed by atoms with Crippen LogP contribution in [0.25, 0.3) is 37.3 Å². The number of anilines is 2. The summed E-state index contributed by atoms with van der Waals surface area (Å²) in [5.74, 6) is 0.902. The number of pyridine rings is 1. The molecule has 0 fully saturated rings. The van der Waals surface area contributed by atoms with Crippen LogP contribution < -0.4 is 5.32 Å². The van der Waals surface area contributed by atoms with Crippen LogP contribution in [0.3, 0.4) is 0 Å². The fourth-order valence-electron chi connectivity index (χ4n) is 3.71. The predicted molar refractivity (Wildman–Crippen MR) is 123 cm³/mol. The molecular weight excluding hydrogens is 378 g/mol. The van der Waals surface area contributed by atoms with Gasteiger partial charge in [0.1, 0.15) is 5.82 Å². The van der Waals surface area contributed by atoms with Gasteiger partial charge in [-0.05, 0) is 55.8 Å². The van der Waals surface area contributed by atoms with Crippen molar-refractivity contribution in [2.75, 3.05) is 5.32 Å². The summed E-state index contributed by atoms with van der Waals surface area (Å²) in [5.41, 5.74) is 7.43. The summed E-state index contributed by atoms with van der Waals surface area (Å²) < 4.78 is 3.22. The number of H-pyrrole nitrogens is 1.